The molecule has 45 heavy (non-hydrogen) atoms. The molecule has 3 heterocycles. The number of piperazine rings is 1. The van der Waals surface area contributed by atoms with Crippen molar-refractivity contribution >= 4 is 28.9 Å². The lowest BCUT2D eigenvalue weighted by Gasteiger charge is -2.40. The second-order valence-electron chi connectivity index (χ2n) is 11.5. The van der Waals surface area contributed by atoms with Gasteiger partial charge in [0.25, 0.3) is 11.8 Å². The molecule has 2 aromatic rings. The van der Waals surface area contributed by atoms with Crippen LogP contribution >= 0.6 is 0 Å². The van der Waals surface area contributed by atoms with Crippen LogP contribution in [0.15, 0.2) is 29.2 Å². The maximum atomic E-state index is 16.3. The summed E-state index contributed by atoms with van der Waals surface area (Å²) in [5.74, 6) is -6.50. The molecule has 2 N–H and O–H groups in total. The second-order valence-corrected chi connectivity index (χ2v) is 11.5. The van der Waals surface area contributed by atoms with Crippen LogP contribution in [0.3, 0.4) is 0 Å². The van der Waals surface area contributed by atoms with Crippen LogP contribution in [0, 0.1) is 11.6 Å². The number of rotatable bonds is 5. The highest BCUT2D eigenvalue weighted by Gasteiger charge is 2.48. The Balaban J connectivity index is 1.47. The number of nitrogens with one attached hydrogen (secondary N) is 2. The Morgan fingerprint density at radius 2 is 1.82 bits per heavy atom. The normalized spacial score (nSPS) is 20.8. The summed E-state index contributed by atoms with van der Waals surface area (Å²) in [5.41, 5.74) is -4.67. The molecule has 5 rings (SSSR count). The highest BCUT2D eigenvalue weighted by molar-refractivity contribution is 6.07. The van der Waals surface area contributed by atoms with Crippen molar-refractivity contribution in [2.45, 2.75) is 50.4 Å². The lowest BCUT2D eigenvalue weighted by atomic mass is 9.91. The third kappa shape index (κ3) is 6.79. The molecule has 0 spiro atoms. The van der Waals surface area contributed by atoms with Gasteiger partial charge in [-0.05, 0) is 26.0 Å². The summed E-state index contributed by atoms with van der Waals surface area (Å²) in [4.78, 5) is 44.0. The Labute approximate surface area is 252 Å². The minimum Gasteiger partial charge on any atom is -0.446 e. The zero-order chi connectivity index (χ0) is 32.8. The number of carbonyl (C=O) groups excluding carboxylic acids is 2. The van der Waals surface area contributed by atoms with Gasteiger partial charge in [0.1, 0.15) is 17.6 Å². The van der Waals surface area contributed by atoms with Crippen molar-refractivity contribution in [2.75, 3.05) is 50.0 Å². The summed E-state index contributed by atoms with van der Waals surface area (Å²) < 4.78 is 104. The third-order valence-corrected chi connectivity index (χ3v) is 8.32. The molecule has 1 saturated carbocycles. The molecule has 2 fully saturated rings. The van der Waals surface area contributed by atoms with Crippen molar-refractivity contribution in [1.82, 2.24) is 14.8 Å². The molecule has 9 nitrogen and oxygen atoms in total. The molecule has 0 bridgehead atoms. The number of carbonyl (C=O) groups is 2. The first-order chi connectivity index (χ1) is 21.0. The summed E-state index contributed by atoms with van der Waals surface area (Å²) in [5, 5.41) is 2.19. The van der Waals surface area contributed by atoms with E-state index >= 15 is 8.78 Å². The van der Waals surface area contributed by atoms with Crippen molar-refractivity contribution in [1.29, 1.82) is 0 Å². The number of alkyl halides is 5. The lowest BCUT2D eigenvalue weighted by Crippen LogP contribution is -2.50. The van der Waals surface area contributed by atoms with Gasteiger partial charge in [0.15, 0.2) is 5.82 Å². The van der Waals surface area contributed by atoms with Crippen molar-refractivity contribution in [2.24, 2.45) is 0 Å². The molecule has 3 aliphatic rings. The molecule has 1 aromatic heterocycles. The molecular weight excluding hydrogens is 615 g/mol. The van der Waals surface area contributed by atoms with E-state index in [0.29, 0.717) is 19.3 Å². The number of hydrogen-bond acceptors (Lipinski definition) is 6. The van der Waals surface area contributed by atoms with Gasteiger partial charge in [-0.15, -0.1) is 0 Å². The van der Waals surface area contributed by atoms with E-state index in [-0.39, 0.29) is 49.4 Å². The number of anilines is 2. The topological polar surface area (TPSA) is 98.0 Å². The second kappa shape index (κ2) is 12.0. The van der Waals surface area contributed by atoms with Gasteiger partial charge in [-0.1, -0.05) is 6.08 Å². The first-order valence-corrected chi connectivity index (χ1v) is 14.2. The molecule has 2 amide bonds. The van der Waals surface area contributed by atoms with Gasteiger partial charge in [-0.25, -0.2) is 22.4 Å². The van der Waals surface area contributed by atoms with Gasteiger partial charge in [-0.3, -0.25) is 9.59 Å². The van der Waals surface area contributed by atoms with E-state index in [2.05, 4.69) is 5.32 Å². The van der Waals surface area contributed by atoms with Gasteiger partial charge < -0.3 is 29.7 Å². The van der Waals surface area contributed by atoms with Crippen LogP contribution in [0.25, 0.3) is 5.57 Å². The molecule has 0 radical (unpaired) electrons. The number of aromatic nitrogens is 1. The number of hydrogen-bond donors (Lipinski definition) is 2. The first kappa shape index (κ1) is 32.3. The third-order valence-electron chi connectivity index (χ3n) is 8.32. The number of halogens is 7. The van der Waals surface area contributed by atoms with E-state index < -0.39 is 82.6 Å². The summed E-state index contributed by atoms with van der Waals surface area (Å²) in [6.07, 6.45) is -6.16. The number of H-pyrrole nitrogens is 1. The van der Waals surface area contributed by atoms with Crippen LogP contribution < -0.4 is 15.8 Å². The van der Waals surface area contributed by atoms with Crippen molar-refractivity contribution in [3.63, 3.8) is 0 Å². The van der Waals surface area contributed by atoms with Gasteiger partial charge >= 0.3 is 12.3 Å². The Morgan fingerprint density at radius 3 is 2.42 bits per heavy atom. The Hall–Kier alpha value is -4.08. The van der Waals surface area contributed by atoms with Crippen LogP contribution in [0.1, 0.15) is 47.7 Å². The average Bonchev–Trinajstić information content (AvgIpc) is 2.94. The molecule has 1 unspecified atom stereocenters. The summed E-state index contributed by atoms with van der Waals surface area (Å²) >= 11 is 0. The zero-order valence-electron chi connectivity index (χ0n) is 24.2. The lowest BCUT2D eigenvalue weighted by molar-refractivity contribution is -0.147. The quantitative estimate of drug-likeness (QED) is 0.440. The van der Waals surface area contributed by atoms with Gasteiger partial charge in [0.05, 0.1) is 22.4 Å². The van der Waals surface area contributed by atoms with E-state index in [1.807, 2.05) is 23.9 Å². The van der Waals surface area contributed by atoms with Crippen LogP contribution in [0.2, 0.25) is 0 Å². The molecule has 244 valence electrons. The van der Waals surface area contributed by atoms with E-state index in [9.17, 15) is 36.3 Å². The van der Waals surface area contributed by atoms with E-state index in [1.165, 1.54) is 11.0 Å². The average molecular weight is 646 g/mol. The van der Waals surface area contributed by atoms with Crippen molar-refractivity contribution in [3.05, 3.63) is 63.1 Å². The number of pyridine rings is 1. The fourth-order valence-corrected chi connectivity index (χ4v) is 5.58. The molecule has 1 atom stereocenters. The number of likely N-dealkylation sites (N-methyl/N-ethyl adjacent to an activating group) is 1. The summed E-state index contributed by atoms with van der Waals surface area (Å²) in [6, 6.07) is 1.15. The number of ether oxygens (including phenoxy) is 1. The maximum absolute atomic E-state index is 16.3. The largest absolute Gasteiger partial charge is 0.446 e. The molecule has 2 aliphatic heterocycles. The minimum atomic E-state index is -5.08. The van der Waals surface area contributed by atoms with Crippen LogP contribution in [-0.2, 0) is 10.9 Å². The number of aromatic amines is 1. The molecular formula is C29H30F7N5O4. The predicted octanol–water partition coefficient (Wildman–Crippen LogP) is 5.09. The van der Waals surface area contributed by atoms with Crippen LogP contribution in [-0.4, -0.2) is 84.6 Å². The van der Waals surface area contributed by atoms with Crippen LogP contribution in [0.4, 0.5) is 46.9 Å². The predicted molar refractivity (Wildman–Crippen MR) is 149 cm³/mol. The molecule has 1 aliphatic carbocycles. The Bertz CT molecular complexity index is 1580. The van der Waals surface area contributed by atoms with Gasteiger partial charge in [-0.2, -0.15) is 13.2 Å². The minimum absolute atomic E-state index is 0.0571. The van der Waals surface area contributed by atoms with E-state index in [1.54, 1.807) is 4.90 Å². The zero-order valence-corrected chi connectivity index (χ0v) is 24.2. The maximum Gasteiger partial charge on any atom is 0.417 e. The summed E-state index contributed by atoms with van der Waals surface area (Å²) in [7, 11) is 1.86. The Kier molecular flexibility index (Phi) is 8.63. The fraction of sp³-hybridized carbons (Fsp3) is 0.483. The van der Waals surface area contributed by atoms with Gasteiger partial charge in [0, 0.05) is 69.9 Å². The van der Waals surface area contributed by atoms with Crippen molar-refractivity contribution < 1.29 is 45.1 Å². The monoisotopic (exact) mass is 645 g/mol. The SMILES string of the molecule is CC1CN(c2cc(F)c(C3=CCN(C(=O)OC4CC(F)(F)C4)CC3)c(F)c2NC(=O)c2c[nH]c(=O)cc2C(F)(F)F)CCN1C. The molecule has 1 saturated heterocycles. The smallest absolute Gasteiger partial charge is 0.417 e. The Morgan fingerprint density at radius 1 is 1.11 bits per heavy atom. The summed E-state index contributed by atoms with van der Waals surface area (Å²) in [6.45, 7) is 2.74. The number of nitrogens with zero attached hydrogens (tertiary/aromatic N) is 3. The van der Waals surface area contributed by atoms with E-state index in [4.69, 9.17) is 4.74 Å². The number of amides is 2. The van der Waals surface area contributed by atoms with Crippen LogP contribution in [0.5, 0.6) is 0 Å². The van der Waals surface area contributed by atoms with Crippen molar-refractivity contribution in [3.8, 4) is 0 Å². The molecule has 1 aromatic carbocycles. The molecule has 16 heteroatoms. The highest BCUT2D eigenvalue weighted by Crippen LogP contribution is 2.41. The van der Waals surface area contributed by atoms with E-state index in [0.717, 1.165) is 6.07 Å². The fourth-order valence-electron chi connectivity index (χ4n) is 5.58. The number of benzene rings is 1. The highest BCUT2D eigenvalue weighted by atomic mass is 19.4. The first-order valence-electron chi connectivity index (χ1n) is 14.2. The van der Waals surface area contributed by atoms with Gasteiger partial charge in [0.2, 0.25) is 5.56 Å². The standard InChI is InChI=1S/C29H30F7N5O4/c1-15-14-41(8-7-39(15)2)21-10-20(30)23(16-3-5-40(6-4-16)27(44)45-17-11-28(32,33)12-17)24(31)25(21)38-26(43)18-13-37-22(42)9-19(18)29(34,35)36/h3,9-10,13,15,17H,4-8,11-12,14H2,1-2H3,(H,37,42)(H,38,43).